The Kier molecular flexibility index (Phi) is 5.16. The summed E-state index contributed by atoms with van der Waals surface area (Å²) in [5, 5.41) is 3.00. The highest BCUT2D eigenvalue weighted by atomic mass is 127. The Morgan fingerprint density at radius 3 is 2.56 bits per heavy atom. The molecule has 1 N–H and O–H groups in total. The Bertz CT molecular complexity index is 441. The fraction of sp³-hybridized carbons (Fsp3) is 0.500. The number of carbonyl (C=O) groups excluding carboxylic acids is 1. The first-order chi connectivity index (χ1) is 8.25. The molecule has 0 aliphatic heterocycles. The number of carbonyl (C=O) groups is 1. The number of nitrogens with zero attached hydrogens (tertiary/aromatic N) is 1. The second kappa shape index (κ2) is 6.02. The summed E-state index contributed by atoms with van der Waals surface area (Å²) < 4.78 is 1.02. The Balaban J connectivity index is 2.75. The van der Waals surface area contributed by atoms with Crippen LogP contribution in [0.2, 0.25) is 0 Å². The maximum absolute atomic E-state index is 12.2. The first-order valence-corrected chi connectivity index (χ1v) is 7.04. The van der Waals surface area contributed by atoms with E-state index in [2.05, 4.69) is 46.7 Å². The molecule has 0 heterocycles. The quantitative estimate of drug-likeness (QED) is 0.838. The van der Waals surface area contributed by atoms with Gasteiger partial charge >= 0.3 is 0 Å². The van der Waals surface area contributed by atoms with Crippen molar-refractivity contribution >= 4 is 28.5 Å². The predicted octanol–water partition coefficient (Wildman–Crippen LogP) is 2.67. The van der Waals surface area contributed by atoms with E-state index in [0.29, 0.717) is 6.54 Å². The third-order valence-electron chi connectivity index (χ3n) is 3.33. The molecule has 1 amide bonds. The minimum Gasteiger partial charge on any atom is -0.350 e. The summed E-state index contributed by atoms with van der Waals surface area (Å²) >= 11 is 2.22. The van der Waals surface area contributed by atoms with Crippen LogP contribution in [-0.2, 0) is 0 Å². The normalized spacial score (nSPS) is 11.7. The molecule has 1 aromatic rings. The SMILES string of the molecule is Cc1cccc(C(=O)NCC(C)(C)N(C)C)c1I. The van der Waals surface area contributed by atoms with Gasteiger partial charge in [-0.15, -0.1) is 0 Å². The van der Waals surface area contributed by atoms with Gasteiger partial charge in [0.25, 0.3) is 5.91 Å². The van der Waals surface area contributed by atoms with E-state index in [4.69, 9.17) is 0 Å². The Labute approximate surface area is 123 Å². The van der Waals surface area contributed by atoms with Crippen LogP contribution in [0.1, 0.15) is 29.8 Å². The molecule has 0 spiro atoms. The van der Waals surface area contributed by atoms with E-state index in [0.717, 1.165) is 14.7 Å². The third-order valence-corrected chi connectivity index (χ3v) is 4.76. The van der Waals surface area contributed by atoms with Crippen LogP contribution in [0.3, 0.4) is 0 Å². The van der Waals surface area contributed by atoms with Crippen molar-refractivity contribution in [3.8, 4) is 0 Å². The number of aryl methyl sites for hydroxylation is 1. The second-order valence-corrected chi connectivity index (χ2v) is 6.40. The average Bonchev–Trinajstić information content (AvgIpc) is 2.29. The van der Waals surface area contributed by atoms with Crippen molar-refractivity contribution in [2.45, 2.75) is 26.3 Å². The molecule has 0 radical (unpaired) electrons. The van der Waals surface area contributed by atoms with Crippen molar-refractivity contribution < 1.29 is 4.79 Å². The second-order valence-electron chi connectivity index (χ2n) is 5.33. The molecule has 3 nitrogen and oxygen atoms in total. The minimum absolute atomic E-state index is 0.00183. The molecule has 0 aromatic heterocycles. The van der Waals surface area contributed by atoms with Crippen LogP contribution in [-0.4, -0.2) is 37.0 Å². The summed E-state index contributed by atoms with van der Waals surface area (Å²) in [7, 11) is 4.03. The minimum atomic E-state index is -0.0507. The average molecular weight is 360 g/mol. The number of hydrogen-bond acceptors (Lipinski definition) is 2. The number of benzene rings is 1. The predicted molar refractivity (Wildman–Crippen MR) is 84.0 cm³/mol. The summed E-state index contributed by atoms with van der Waals surface area (Å²) in [4.78, 5) is 14.3. The maximum atomic E-state index is 12.2. The Hall–Kier alpha value is -0.620. The third kappa shape index (κ3) is 3.68. The summed E-state index contributed by atoms with van der Waals surface area (Å²) in [5.41, 5.74) is 1.84. The lowest BCUT2D eigenvalue weighted by molar-refractivity contribution is 0.0918. The number of amides is 1. The van der Waals surface area contributed by atoms with Crippen LogP contribution in [0, 0.1) is 10.5 Å². The van der Waals surface area contributed by atoms with Crippen LogP contribution in [0.5, 0.6) is 0 Å². The first kappa shape index (κ1) is 15.4. The molecular weight excluding hydrogens is 339 g/mol. The molecule has 18 heavy (non-hydrogen) atoms. The molecule has 4 heteroatoms. The molecule has 1 rings (SSSR count). The first-order valence-electron chi connectivity index (χ1n) is 5.96. The molecule has 0 unspecified atom stereocenters. The molecule has 100 valence electrons. The standard InChI is InChI=1S/C14H21IN2O/c1-10-7-6-8-11(12(10)15)13(18)16-9-14(2,3)17(4)5/h6-8H,9H2,1-5H3,(H,16,18). The maximum Gasteiger partial charge on any atom is 0.252 e. The van der Waals surface area contributed by atoms with E-state index in [9.17, 15) is 4.79 Å². The summed E-state index contributed by atoms with van der Waals surface area (Å²) in [5.74, 6) is -0.00183. The molecular formula is C14H21IN2O. The summed E-state index contributed by atoms with van der Waals surface area (Å²) in [6.07, 6.45) is 0. The van der Waals surface area contributed by atoms with Crippen molar-refractivity contribution in [1.29, 1.82) is 0 Å². The number of rotatable bonds is 4. The fourth-order valence-corrected chi connectivity index (χ4v) is 1.98. The fourth-order valence-electron chi connectivity index (χ4n) is 1.37. The highest BCUT2D eigenvalue weighted by Crippen LogP contribution is 2.17. The number of halogens is 1. The van der Waals surface area contributed by atoms with E-state index in [1.165, 1.54) is 0 Å². The zero-order valence-electron chi connectivity index (χ0n) is 11.7. The molecule has 0 saturated heterocycles. The van der Waals surface area contributed by atoms with Crippen LogP contribution in [0.4, 0.5) is 0 Å². The van der Waals surface area contributed by atoms with Gasteiger partial charge in [0.05, 0.1) is 5.56 Å². The van der Waals surface area contributed by atoms with Crippen LogP contribution < -0.4 is 5.32 Å². The monoisotopic (exact) mass is 360 g/mol. The largest absolute Gasteiger partial charge is 0.350 e. The molecule has 0 bridgehead atoms. The van der Waals surface area contributed by atoms with Crippen molar-refractivity contribution in [2.75, 3.05) is 20.6 Å². The zero-order chi connectivity index (χ0) is 13.9. The van der Waals surface area contributed by atoms with Gasteiger partial charge in [-0.1, -0.05) is 12.1 Å². The zero-order valence-corrected chi connectivity index (χ0v) is 13.8. The highest BCUT2D eigenvalue weighted by molar-refractivity contribution is 14.1. The van der Waals surface area contributed by atoms with Gasteiger partial charge in [0.1, 0.15) is 0 Å². The highest BCUT2D eigenvalue weighted by Gasteiger charge is 2.22. The van der Waals surface area contributed by atoms with Gasteiger partial charge in [0.15, 0.2) is 0 Å². The van der Waals surface area contributed by atoms with Gasteiger partial charge in [-0.3, -0.25) is 4.79 Å². The molecule has 0 aliphatic carbocycles. The lowest BCUT2D eigenvalue weighted by Crippen LogP contribution is -2.48. The Morgan fingerprint density at radius 1 is 1.39 bits per heavy atom. The van der Waals surface area contributed by atoms with Crippen LogP contribution >= 0.6 is 22.6 Å². The van der Waals surface area contributed by atoms with Gasteiger partial charge < -0.3 is 10.2 Å². The van der Waals surface area contributed by atoms with Gasteiger partial charge in [-0.2, -0.15) is 0 Å². The lowest BCUT2D eigenvalue weighted by atomic mass is 10.0. The van der Waals surface area contributed by atoms with E-state index in [1.54, 1.807) is 0 Å². The van der Waals surface area contributed by atoms with Gasteiger partial charge in [-0.05, 0) is 69.1 Å². The molecule has 0 fully saturated rings. The van der Waals surface area contributed by atoms with Gasteiger partial charge in [-0.25, -0.2) is 0 Å². The number of hydrogen-bond donors (Lipinski definition) is 1. The lowest BCUT2D eigenvalue weighted by Gasteiger charge is -2.32. The van der Waals surface area contributed by atoms with Crippen molar-refractivity contribution in [2.24, 2.45) is 0 Å². The summed E-state index contributed by atoms with van der Waals surface area (Å²) in [6, 6.07) is 5.80. The van der Waals surface area contributed by atoms with E-state index >= 15 is 0 Å². The number of nitrogens with one attached hydrogen (secondary N) is 1. The van der Waals surface area contributed by atoms with E-state index in [-0.39, 0.29) is 11.4 Å². The van der Waals surface area contributed by atoms with Crippen LogP contribution in [0.15, 0.2) is 18.2 Å². The summed E-state index contributed by atoms with van der Waals surface area (Å²) in [6.45, 7) is 6.86. The van der Waals surface area contributed by atoms with Gasteiger partial charge in [0.2, 0.25) is 0 Å². The van der Waals surface area contributed by atoms with E-state index < -0.39 is 0 Å². The molecule has 0 saturated carbocycles. The molecule has 0 atom stereocenters. The van der Waals surface area contributed by atoms with Crippen LogP contribution in [0.25, 0.3) is 0 Å². The van der Waals surface area contributed by atoms with Gasteiger partial charge in [0, 0.05) is 15.7 Å². The molecule has 1 aromatic carbocycles. The van der Waals surface area contributed by atoms with Crippen molar-refractivity contribution in [1.82, 2.24) is 10.2 Å². The number of likely N-dealkylation sites (N-methyl/N-ethyl adjacent to an activating group) is 1. The topological polar surface area (TPSA) is 32.3 Å². The smallest absolute Gasteiger partial charge is 0.252 e. The Morgan fingerprint density at radius 2 is 2.00 bits per heavy atom. The van der Waals surface area contributed by atoms with Crippen molar-refractivity contribution in [3.05, 3.63) is 32.9 Å². The van der Waals surface area contributed by atoms with Crippen molar-refractivity contribution in [3.63, 3.8) is 0 Å². The van der Waals surface area contributed by atoms with E-state index in [1.807, 2.05) is 39.2 Å². The molecule has 0 aliphatic rings.